The van der Waals surface area contributed by atoms with E-state index in [1.54, 1.807) is 6.20 Å². The normalized spacial score (nSPS) is 23.5. The van der Waals surface area contributed by atoms with E-state index in [2.05, 4.69) is 16.8 Å². The van der Waals surface area contributed by atoms with Gasteiger partial charge < -0.3 is 9.64 Å². The number of aromatic nitrogens is 1. The van der Waals surface area contributed by atoms with Crippen molar-refractivity contribution in [3.8, 4) is 0 Å². The Kier molecular flexibility index (Phi) is 2.71. The van der Waals surface area contributed by atoms with Crippen molar-refractivity contribution in [2.45, 2.75) is 13.0 Å². The van der Waals surface area contributed by atoms with Crippen molar-refractivity contribution in [3.05, 3.63) is 10.5 Å². The maximum absolute atomic E-state index is 5.83. The number of anilines is 1. The number of ether oxygens (including phenoxy) is 1. The van der Waals surface area contributed by atoms with E-state index >= 15 is 0 Å². The SMILES string of the molecule is CC1COCCN1c1ncc(Cl)s1. The summed E-state index contributed by atoms with van der Waals surface area (Å²) in [6.07, 6.45) is 1.70. The molecule has 1 atom stereocenters. The third kappa shape index (κ3) is 1.95. The summed E-state index contributed by atoms with van der Waals surface area (Å²) in [5.74, 6) is 0. The first-order valence-electron chi connectivity index (χ1n) is 4.23. The Bertz CT molecular complexity index is 291. The summed E-state index contributed by atoms with van der Waals surface area (Å²) in [7, 11) is 0. The van der Waals surface area contributed by atoms with Gasteiger partial charge in [-0.2, -0.15) is 0 Å². The number of rotatable bonds is 1. The highest BCUT2D eigenvalue weighted by molar-refractivity contribution is 7.19. The Labute approximate surface area is 86.3 Å². The Morgan fingerprint density at radius 2 is 2.62 bits per heavy atom. The lowest BCUT2D eigenvalue weighted by Gasteiger charge is -2.32. The highest BCUT2D eigenvalue weighted by Crippen LogP contribution is 2.28. The fourth-order valence-corrected chi connectivity index (χ4v) is 2.42. The lowest BCUT2D eigenvalue weighted by Crippen LogP contribution is -2.43. The van der Waals surface area contributed by atoms with Crippen LogP contribution in [-0.2, 0) is 4.74 Å². The van der Waals surface area contributed by atoms with E-state index in [1.165, 1.54) is 11.3 Å². The van der Waals surface area contributed by atoms with Crippen molar-refractivity contribution < 1.29 is 4.74 Å². The number of halogens is 1. The lowest BCUT2D eigenvalue weighted by atomic mass is 10.3. The van der Waals surface area contributed by atoms with Crippen molar-refractivity contribution >= 4 is 28.1 Å². The Morgan fingerprint density at radius 1 is 1.77 bits per heavy atom. The largest absolute Gasteiger partial charge is 0.377 e. The van der Waals surface area contributed by atoms with Crippen LogP contribution in [0.3, 0.4) is 0 Å². The molecule has 1 aromatic rings. The molecule has 13 heavy (non-hydrogen) atoms. The molecule has 1 aliphatic heterocycles. The molecule has 0 amide bonds. The molecule has 0 aromatic carbocycles. The summed E-state index contributed by atoms with van der Waals surface area (Å²) in [5.41, 5.74) is 0. The molecule has 2 heterocycles. The molecule has 3 nitrogen and oxygen atoms in total. The molecule has 0 saturated carbocycles. The zero-order valence-electron chi connectivity index (χ0n) is 7.36. The number of hydrogen-bond donors (Lipinski definition) is 0. The third-order valence-electron chi connectivity index (χ3n) is 2.08. The smallest absolute Gasteiger partial charge is 0.187 e. The molecule has 5 heteroatoms. The predicted molar refractivity (Wildman–Crippen MR) is 54.8 cm³/mol. The van der Waals surface area contributed by atoms with E-state index in [1.807, 2.05) is 0 Å². The maximum Gasteiger partial charge on any atom is 0.187 e. The van der Waals surface area contributed by atoms with Gasteiger partial charge in [-0.3, -0.25) is 0 Å². The molecule has 1 fully saturated rings. The second kappa shape index (κ2) is 3.82. The standard InChI is InChI=1S/C8H11ClN2OS/c1-6-5-12-3-2-11(6)8-10-4-7(9)13-8/h4,6H,2-3,5H2,1H3. The molecule has 0 bridgehead atoms. The van der Waals surface area contributed by atoms with Gasteiger partial charge in [-0.25, -0.2) is 4.98 Å². The summed E-state index contributed by atoms with van der Waals surface area (Å²) in [6.45, 7) is 4.60. The second-order valence-corrected chi connectivity index (χ2v) is 4.70. The molecule has 0 spiro atoms. The van der Waals surface area contributed by atoms with Gasteiger partial charge in [-0.05, 0) is 6.92 Å². The van der Waals surface area contributed by atoms with Crippen LogP contribution >= 0.6 is 22.9 Å². The number of hydrogen-bond acceptors (Lipinski definition) is 4. The highest BCUT2D eigenvalue weighted by Gasteiger charge is 2.21. The molecule has 0 radical (unpaired) electrons. The third-order valence-corrected chi connectivity index (χ3v) is 3.23. The minimum Gasteiger partial charge on any atom is -0.377 e. The predicted octanol–water partition coefficient (Wildman–Crippen LogP) is 2.02. The first-order valence-corrected chi connectivity index (χ1v) is 5.42. The van der Waals surface area contributed by atoms with E-state index in [-0.39, 0.29) is 0 Å². The fraction of sp³-hybridized carbons (Fsp3) is 0.625. The van der Waals surface area contributed by atoms with Crippen LogP contribution in [0.1, 0.15) is 6.92 Å². The molecule has 1 aliphatic rings. The topological polar surface area (TPSA) is 25.4 Å². The molecule has 2 rings (SSSR count). The van der Waals surface area contributed by atoms with Gasteiger partial charge in [-0.15, -0.1) is 0 Å². The average Bonchev–Trinajstić information content (AvgIpc) is 2.53. The van der Waals surface area contributed by atoms with Crippen LogP contribution < -0.4 is 4.90 Å². The van der Waals surface area contributed by atoms with Gasteiger partial charge in [0.2, 0.25) is 0 Å². The molecule has 1 saturated heterocycles. The summed E-state index contributed by atoms with van der Waals surface area (Å²) in [6, 6.07) is 0.399. The molecule has 0 N–H and O–H groups in total. The molecule has 1 aromatic heterocycles. The molecular weight excluding hydrogens is 208 g/mol. The zero-order valence-corrected chi connectivity index (χ0v) is 8.94. The van der Waals surface area contributed by atoms with Crippen LogP contribution in [0.2, 0.25) is 4.34 Å². The van der Waals surface area contributed by atoms with Crippen molar-refractivity contribution in [1.82, 2.24) is 4.98 Å². The zero-order chi connectivity index (χ0) is 9.26. The van der Waals surface area contributed by atoms with E-state index < -0.39 is 0 Å². The van der Waals surface area contributed by atoms with Gasteiger partial charge in [0, 0.05) is 6.54 Å². The van der Waals surface area contributed by atoms with Crippen molar-refractivity contribution in [1.29, 1.82) is 0 Å². The maximum atomic E-state index is 5.83. The molecule has 1 unspecified atom stereocenters. The number of nitrogens with zero attached hydrogens (tertiary/aromatic N) is 2. The summed E-state index contributed by atoms with van der Waals surface area (Å²) < 4.78 is 6.09. The van der Waals surface area contributed by atoms with Gasteiger partial charge in [0.1, 0.15) is 4.34 Å². The van der Waals surface area contributed by atoms with Gasteiger partial charge in [-0.1, -0.05) is 22.9 Å². The van der Waals surface area contributed by atoms with E-state index in [0.29, 0.717) is 6.04 Å². The Balaban J connectivity index is 2.14. The Hall–Kier alpha value is -0.320. The van der Waals surface area contributed by atoms with Crippen LogP contribution in [0.15, 0.2) is 6.20 Å². The molecule has 72 valence electrons. The first kappa shape index (κ1) is 9.24. The quantitative estimate of drug-likeness (QED) is 0.721. The summed E-state index contributed by atoms with van der Waals surface area (Å²) in [5, 5.41) is 1.00. The van der Waals surface area contributed by atoms with Crippen LogP contribution in [0.4, 0.5) is 5.13 Å². The van der Waals surface area contributed by atoms with Crippen molar-refractivity contribution in [3.63, 3.8) is 0 Å². The fourth-order valence-electron chi connectivity index (χ4n) is 1.39. The van der Waals surface area contributed by atoms with Gasteiger partial charge in [0.05, 0.1) is 25.5 Å². The van der Waals surface area contributed by atoms with E-state index in [0.717, 1.165) is 29.2 Å². The highest BCUT2D eigenvalue weighted by atomic mass is 35.5. The monoisotopic (exact) mass is 218 g/mol. The Morgan fingerprint density at radius 3 is 3.23 bits per heavy atom. The van der Waals surface area contributed by atoms with Crippen molar-refractivity contribution in [2.24, 2.45) is 0 Å². The van der Waals surface area contributed by atoms with Crippen LogP contribution in [0, 0.1) is 0 Å². The number of thiazole rings is 1. The van der Waals surface area contributed by atoms with Crippen molar-refractivity contribution in [2.75, 3.05) is 24.7 Å². The van der Waals surface area contributed by atoms with Crippen LogP contribution in [0.25, 0.3) is 0 Å². The first-order chi connectivity index (χ1) is 6.27. The number of morpholine rings is 1. The summed E-state index contributed by atoms with van der Waals surface area (Å²) in [4.78, 5) is 6.48. The van der Waals surface area contributed by atoms with Gasteiger partial charge >= 0.3 is 0 Å². The summed E-state index contributed by atoms with van der Waals surface area (Å²) >= 11 is 7.35. The van der Waals surface area contributed by atoms with Gasteiger partial charge in [0.15, 0.2) is 5.13 Å². The van der Waals surface area contributed by atoms with Gasteiger partial charge in [0.25, 0.3) is 0 Å². The minimum atomic E-state index is 0.399. The molecular formula is C8H11ClN2OS. The van der Waals surface area contributed by atoms with Crippen LogP contribution in [-0.4, -0.2) is 30.8 Å². The van der Waals surface area contributed by atoms with E-state index in [9.17, 15) is 0 Å². The lowest BCUT2D eigenvalue weighted by molar-refractivity contribution is 0.0989. The molecule has 0 aliphatic carbocycles. The second-order valence-electron chi connectivity index (χ2n) is 3.06. The minimum absolute atomic E-state index is 0.399. The van der Waals surface area contributed by atoms with E-state index in [4.69, 9.17) is 16.3 Å². The average molecular weight is 219 g/mol. The van der Waals surface area contributed by atoms with Crippen LogP contribution in [0.5, 0.6) is 0 Å².